The second-order valence-corrected chi connectivity index (χ2v) is 8.70. The molecule has 2 aromatic carbocycles. The number of hydrogen-bond donors (Lipinski definition) is 1. The molecular formula is C16H12BrNO4S2. The molecule has 0 aliphatic heterocycles. The van der Waals surface area contributed by atoms with Gasteiger partial charge < -0.3 is 0 Å². The van der Waals surface area contributed by atoms with E-state index >= 15 is 0 Å². The summed E-state index contributed by atoms with van der Waals surface area (Å²) in [4.78, 5) is 16.9. The largest absolute Gasteiger partial charge is 0.297 e. The third-order valence-electron chi connectivity index (χ3n) is 3.43. The summed E-state index contributed by atoms with van der Waals surface area (Å²) >= 11 is 4.59. The van der Waals surface area contributed by atoms with E-state index in [1.165, 1.54) is 23.5 Å². The van der Waals surface area contributed by atoms with E-state index in [0.717, 1.165) is 14.7 Å². The van der Waals surface area contributed by atoms with Crippen molar-refractivity contribution in [1.82, 2.24) is 4.98 Å². The third-order valence-corrected chi connectivity index (χ3v) is 6.12. The number of fused-ring (bicyclic) bond motifs is 1. The molecule has 0 bridgehead atoms. The third kappa shape index (κ3) is 3.72. The van der Waals surface area contributed by atoms with Crippen molar-refractivity contribution < 1.29 is 17.8 Å². The zero-order chi connectivity index (χ0) is 17.3. The van der Waals surface area contributed by atoms with E-state index in [2.05, 4.69) is 20.9 Å². The molecule has 0 radical (unpaired) electrons. The van der Waals surface area contributed by atoms with Gasteiger partial charge in [-0.25, -0.2) is 4.98 Å². The van der Waals surface area contributed by atoms with Crippen LogP contribution in [0.2, 0.25) is 0 Å². The fourth-order valence-corrected chi connectivity index (χ4v) is 4.56. The van der Waals surface area contributed by atoms with E-state index < -0.39 is 21.2 Å². The minimum absolute atomic E-state index is 0.153. The number of Topliss-reactive ketones (excluding diaryl/α,β-unsaturated/α-hetero) is 1. The topological polar surface area (TPSA) is 84.3 Å². The molecule has 3 aromatic rings. The van der Waals surface area contributed by atoms with Crippen LogP contribution in [0.3, 0.4) is 0 Å². The highest BCUT2D eigenvalue weighted by atomic mass is 79.9. The van der Waals surface area contributed by atoms with Crippen molar-refractivity contribution in [2.24, 2.45) is 0 Å². The number of carbonyl (C=O) groups excluding carboxylic acids is 1. The van der Waals surface area contributed by atoms with E-state index in [0.29, 0.717) is 5.01 Å². The zero-order valence-electron chi connectivity index (χ0n) is 12.2. The van der Waals surface area contributed by atoms with Gasteiger partial charge in [-0.1, -0.05) is 40.2 Å². The number of nitrogens with zero attached hydrogens (tertiary/aromatic N) is 1. The predicted molar refractivity (Wildman–Crippen MR) is 96.8 cm³/mol. The minimum Gasteiger partial charge on any atom is -0.297 e. The Bertz CT molecular complexity index is 963. The molecular weight excluding hydrogens is 414 g/mol. The Hall–Kier alpha value is -1.61. The van der Waals surface area contributed by atoms with Crippen molar-refractivity contribution in [1.29, 1.82) is 0 Å². The van der Waals surface area contributed by atoms with Gasteiger partial charge in [-0.05, 0) is 29.8 Å². The van der Waals surface area contributed by atoms with E-state index in [4.69, 9.17) is 0 Å². The quantitative estimate of drug-likeness (QED) is 0.628. The fourth-order valence-electron chi connectivity index (χ4n) is 2.40. The first-order valence-corrected chi connectivity index (χ1v) is 10.0. The van der Waals surface area contributed by atoms with Gasteiger partial charge in [-0.2, -0.15) is 8.42 Å². The molecule has 0 saturated heterocycles. The molecule has 1 aromatic heterocycles. The first kappa shape index (κ1) is 17.2. The molecule has 24 heavy (non-hydrogen) atoms. The van der Waals surface area contributed by atoms with Gasteiger partial charge in [-0.15, -0.1) is 11.3 Å². The second kappa shape index (κ2) is 6.72. The first-order valence-electron chi connectivity index (χ1n) is 6.93. The lowest BCUT2D eigenvalue weighted by Gasteiger charge is -2.12. The summed E-state index contributed by atoms with van der Waals surface area (Å²) in [5, 5.41) is -1.09. The zero-order valence-corrected chi connectivity index (χ0v) is 15.4. The van der Waals surface area contributed by atoms with Crippen molar-refractivity contribution >= 4 is 53.4 Å². The highest BCUT2D eigenvalue weighted by Crippen LogP contribution is 2.28. The SMILES string of the molecule is O=C(Cc1nc2ccccc2s1)C(c1ccc(Br)cc1)S(=O)(=O)O. The smallest absolute Gasteiger partial charge is 0.279 e. The predicted octanol–water partition coefficient (Wildman–Crippen LogP) is 3.80. The normalized spacial score (nSPS) is 13.1. The van der Waals surface area contributed by atoms with Crippen LogP contribution in [-0.2, 0) is 21.3 Å². The van der Waals surface area contributed by atoms with Gasteiger partial charge in [0.2, 0.25) is 0 Å². The molecule has 0 spiro atoms. The van der Waals surface area contributed by atoms with E-state index in [1.54, 1.807) is 12.1 Å². The van der Waals surface area contributed by atoms with Gasteiger partial charge in [0.05, 0.1) is 16.6 Å². The van der Waals surface area contributed by atoms with Crippen molar-refractivity contribution in [2.75, 3.05) is 0 Å². The van der Waals surface area contributed by atoms with Gasteiger partial charge >= 0.3 is 0 Å². The number of hydrogen-bond acceptors (Lipinski definition) is 5. The van der Waals surface area contributed by atoms with Gasteiger partial charge in [0.25, 0.3) is 10.1 Å². The number of thiazole rings is 1. The van der Waals surface area contributed by atoms with Crippen LogP contribution >= 0.6 is 27.3 Å². The molecule has 5 nitrogen and oxygen atoms in total. The molecule has 1 N–H and O–H groups in total. The van der Waals surface area contributed by atoms with Crippen LogP contribution in [0.15, 0.2) is 53.0 Å². The molecule has 0 aliphatic carbocycles. The molecule has 0 saturated carbocycles. The molecule has 1 unspecified atom stereocenters. The average Bonchev–Trinajstić information content (AvgIpc) is 2.90. The number of rotatable bonds is 5. The van der Waals surface area contributed by atoms with Crippen LogP contribution in [0.25, 0.3) is 10.2 Å². The van der Waals surface area contributed by atoms with Crippen LogP contribution in [-0.4, -0.2) is 23.7 Å². The number of halogens is 1. The number of aromatic nitrogens is 1. The van der Waals surface area contributed by atoms with Crippen LogP contribution in [0.1, 0.15) is 15.8 Å². The number of benzene rings is 2. The summed E-state index contributed by atoms with van der Waals surface area (Å²) < 4.78 is 34.6. The monoisotopic (exact) mass is 425 g/mol. The maximum Gasteiger partial charge on any atom is 0.279 e. The molecule has 3 rings (SSSR count). The number of para-hydroxylation sites is 1. The lowest BCUT2D eigenvalue weighted by atomic mass is 10.1. The standard InChI is InChI=1S/C16H12BrNO4S2/c17-11-7-5-10(6-8-11)16(24(20,21)22)13(19)9-15-18-12-3-1-2-4-14(12)23-15/h1-8,16H,9H2,(H,20,21,22). The van der Waals surface area contributed by atoms with Crippen LogP contribution in [0, 0.1) is 0 Å². The Morgan fingerprint density at radius 1 is 1.17 bits per heavy atom. The molecule has 0 aliphatic rings. The Balaban J connectivity index is 1.93. The summed E-state index contributed by atoms with van der Waals surface area (Å²) in [5.74, 6) is -0.612. The Morgan fingerprint density at radius 2 is 1.83 bits per heavy atom. The maximum atomic E-state index is 12.5. The highest BCUT2D eigenvalue weighted by molar-refractivity contribution is 9.10. The van der Waals surface area contributed by atoms with Gasteiger partial charge in [0, 0.05) is 4.47 Å². The Labute approximate surface area is 151 Å². The molecule has 124 valence electrons. The van der Waals surface area contributed by atoms with Gasteiger partial charge in [-0.3, -0.25) is 9.35 Å². The highest BCUT2D eigenvalue weighted by Gasteiger charge is 2.33. The Kier molecular flexibility index (Phi) is 4.82. The molecule has 0 amide bonds. The first-order chi connectivity index (χ1) is 11.3. The second-order valence-electron chi connectivity index (χ2n) is 5.16. The summed E-state index contributed by atoms with van der Waals surface area (Å²) in [6.45, 7) is 0. The van der Waals surface area contributed by atoms with Crippen molar-refractivity contribution in [3.05, 3.63) is 63.6 Å². The summed E-state index contributed by atoms with van der Waals surface area (Å²) in [5.41, 5.74) is 0.990. The lowest BCUT2D eigenvalue weighted by molar-refractivity contribution is -0.118. The number of carbonyl (C=O) groups is 1. The molecule has 1 heterocycles. The van der Waals surface area contributed by atoms with Crippen molar-refractivity contribution in [3.8, 4) is 0 Å². The summed E-state index contributed by atoms with van der Waals surface area (Å²) in [6, 6.07) is 13.7. The van der Waals surface area contributed by atoms with Gasteiger partial charge in [0.15, 0.2) is 11.0 Å². The van der Waals surface area contributed by atoms with Crippen molar-refractivity contribution in [3.63, 3.8) is 0 Å². The summed E-state index contributed by atoms with van der Waals surface area (Å²) in [6.07, 6.45) is -0.153. The van der Waals surface area contributed by atoms with Crippen LogP contribution < -0.4 is 0 Å². The van der Waals surface area contributed by atoms with E-state index in [-0.39, 0.29) is 12.0 Å². The van der Waals surface area contributed by atoms with Gasteiger partial charge in [0.1, 0.15) is 5.01 Å². The van der Waals surface area contributed by atoms with E-state index in [1.807, 2.05) is 24.3 Å². The fraction of sp³-hybridized carbons (Fsp3) is 0.125. The minimum atomic E-state index is -4.57. The van der Waals surface area contributed by atoms with Crippen LogP contribution in [0.5, 0.6) is 0 Å². The molecule has 8 heteroatoms. The number of ketones is 1. The molecule has 0 fully saturated rings. The van der Waals surface area contributed by atoms with E-state index in [9.17, 15) is 17.8 Å². The lowest BCUT2D eigenvalue weighted by Crippen LogP contribution is -2.23. The summed E-state index contributed by atoms with van der Waals surface area (Å²) in [7, 11) is -4.57. The molecule has 1 atom stereocenters. The maximum absolute atomic E-state index is 12.5. The Morgan fingerprint density at radius 3 is 2.46 bits per heavy atom. The van der Waals surface area contributed by atoms with Crippen LogP contribution in [0.4, 0.5) is 0 Å². The average molecular weight is 426 g/mol. The van der Waals surface area contributed by atoms with Crippen molar-refractivity contribution in [2.45, 2.75) is 11.7 Å².